The third-order valence-corrected chi connectivity index (χ3v) is 7.71. The first-order valence-electron chi connectivity index (χ1n) is 12.8. The zero-order valence-electron chi connectivity index (χ0n) is 22.6. The first-order valence-corrected chi connectivity index (χ1v) is 14.2. The molecule has 0 unspecified atom stereocenters. The summed E-state index contributed by atoms with van der Waals surface area (Å²) >= 11 is 0. The van der Waals surface area contributed by atoms with Crippen molar-refractivity contribution >= 4 is 54.6 Å². The average Bonchev–Trinajstić information content (AvgIpc) is 2.92. The highest BCUT2D eigenvalue weighted by Gasteiger charge is 2.22. The van der Waals surface area contributed by atoms with Crippen molar-refractivity contribution in [2.45, 2.75) is 25.3 Å². The molecule has 0 saturated carbocycles. The molecule has 10 heteroatoms. The number of benzene rings is 5. The predicted molar refractivity (Wildman–Crippen MR) is 160 cm³/mol. The van der Waals surface area contributed by atoms with E-state index in [1.54, 1.807) is 74.6 Å². The summed E-state index contributed by atoms with van der Waals surface area (Å²) in [5.41, 5.74) is 3.11. The summed E-state index contributed by atoms with van der Waals surface area (Å²) in [5.74, 6) is -0.572. The van der Waals surface area contributed by atoms with Crippen LogP contribution in [0.2, 0.25) is 0 Å². The molecule has 0 spiro atoms. The fraction of sp³-hybridized carbons (Fsp3) is 0.129. The Morgan fingerprint density at radius 1 is 0.902 bits per heavy atom. The zero-order chi connectivity index (χ0) is 29.3. The molecule has 4 N–H and O–H groups in total. The van der Waals surface area contributed by atoms with Crippen LogP contribution in [0.5, 0.6) is 5.75 Å². The minimum Gasteiger partial charge on any atom is -0.505 e. The van der Waals surface area contributed by atoms with Crippen LogP contribution >= 0.6 is 0 Å². The van der Waals surface area contributed by atoms with Crippen molar-refractivity contribution in [3.63, 3.8) is 0 Å². The maximum Gasteiger partial charge on any atom is 0.297 e. The van der Waals surface area contributed by atoms with Gasteiger partial charge in [-0.25, -0.2) is 0 Å². The van der Waals surface area contributed by atoms with Gasteiger partial charge in [-0.15, -0.1) is 10.2 Å². The molecule has 0 aromatic heterocycles. The van der Waals surface area contributed by atoms with E-state index >= 15 is 0 Å². The van der Waals surface area contributed by atoms with Gasteiger partial charge in [-0.1, -0.05) is 48.0 Å². The molecule has 0 heterocycles. The molecule has 5 aromatic carbocycles. The second-order valence-electron chi connectivity index (χ2n) is 9.75. The number of anilines is 1. The van der Waals surface area contributed by atoms with Crippen LogP contribution in [-0.4, -0.2) is 31.0 Å². The third kappa shape index (κ3) is 5.53. The standard InChI is InChI=1S/C31H28N4O5S/c1-18-14-22(17-32-3)23-12-13-26(30(24(23)15-18)41(38,39)40)34-35-28-19(2)16-21-10-7-11-25(27(21)29(28)36)33-31(37)20-8-5-4-6-9-20/h4-16,32,36H,17H2,1-3H3,(H,33,37)(H,38,39,40). The van der Waals surface area contributed by atoms with E-state index in [4.69, 9.17) is 0 Å². The van der Waals surface area contributed by atoms with Crippen molar-refractivity contribution in [2.75, 3.05) is 12.4 Å². The van der Waals surface area contributed by atoms with E-state index in [0.29, 0.717) is 44.9 Å². The largest absolute Gasteiger partial charge is 0.505 e. The van der Waals surface area contributed by atoms with E-state index in [9.17, 15) is 22.9 Å². The lowest BCUT2D eigenvalue weighted by molar-refractivity contribution is 0.102. The maximum atomic E-state index is 12.8. The average molecular weight is 569 g/mol. The van der Waals surface area contributed by atoms with Crippen LogP contribution < -0.4 is 10.6 Å². The van der Waals surface area contributed by atoms with E-state index in [0.717, 1.165) is 11.1 Å². The number of aromatic hydroxyl groups is 1. The van der Waals surface area contributed by atoms with Gasteiger partial charge in [0.2, 0.25) is 0 Å². The molecule has 0 aliphatic heterocycles. The van der Waals surface area contributed by atoms with E-state index < -0.39 is 10.1 Å². The monoisotopic (exact) mass is 568 g/mol. The smallest absolute Gasteiger partial charge is 0.297 e. The number of rotatable bonds is 7. The maximum absolute atomic E-state index is 12.8. The molecule has 0 bridgehead atoms. The van der Waals surface area contributed by atoms with Gasteiger partial charge in [-0.3, -0.25) is 9.35 Å². The Bertz CT molecular complexity index is 1960. The number of aryl methyl sites for hydroxylation is 2. The molecule has 0 fully saturated rings. The summed E-state index contributed by atoms with van der Waals surface area (Å²) in [7, 11) is -2.91. The summed E-state index contributed by atoms with van der Waals surface area (Å²) in [5, 5.41) is 27.7. The molecule has 0 atom stereocenters. The van der Waals surface area contributed by atoms with Crippen LogP contribution in [0, 0.1) is 13.8 Å². The Morgan fingerprint density at radius 3 is 2.37 bits per heavy atom. The van der Waals surface area contributed by atoms with Gasteiger partial charge in [0.05, 0.1) is 5.69 Å². The molecule has 0 aliphatic carbocycles. The first kappa shape index (κ1) is 27.9. The van der Waals surface area contributed by atoms with Crippen LogP contribution in [0.3, 0.4) is 0 Å². The Hall–Kier alpha value is -4.64. The minimum atomic E-state index is -4.70. The SMILES string of the molecule is CNCc1cc(C)cc2c(S(=O)(=O)O)c(N=Nc3c(C)cc4cccc(NC(=O)c5ccccc5)c4c3O)ccc12. The Morgan fingerprint density at radius 2 is 1.66 bits per heavy atom. The molecule has 0 aliphatic rings. The van der Waals surface area contributed by atoms with Crippen LogP contribution in [0.15, 0.2) is 94.0 Å². The number of fused-ring (bicyclic) bond motifs is 2. The second kappa shape index (κ2) is 11.1. The lowest BCUT2D eigenvalue weighted by Crippen LogP contribution is -2.11. The number of nitrogens with one attached hydrogen (secondary N) is 2. The molecular weight excluding hydrogens is 540 g/mol. The number of amides is 1. The molecule has 0 saturated heterocycles. The molecule has 41 heavy (non-hydrogen) atoms. The first-order chi connectivity index (χ1) is 19.6. The van der Waals surface area contributed by atoms with Gasteiger partial charge in [0.1, 0.15) is 16.3 Å². The Kier molecular flexibility index (Phi) is 7.55. The molecule has 1 amide bonds. The van der Waals surface area contributed by atoms with Crippen LogP contribution in [0.25, 0.3) is 21.5 Å². The van der Waals surface area contributed by atoms with Gasteiger partial charge < -0.3 is 15.7 Å². The third-order valence-electron chi connectivity index (χ3n) is 6.77. The van der Waals surface area contributed by atoms with Gasteiger partial charge >= 0.3 is 0 Å². The summed E-state index contributed by atoms with van der Waals surface area (Å²) < 4.78 is 35.4. The van der Waals surface area contributed by atoms with Crippen LogP contribution in [0.4, 0.5) is 17.1 Å². The van der Waals surface area contributed by atoms with E-state index in [1.165, 1.54) is 6.07 Å². The van der Waals surface area contributed by atoms with Crippen LogP contribution in [0.1, 0.15) is 27.0 Å². The van der Waals surface area contributed by atoms with Crippen molar-refractivity contribution in [1.29, 1.82) is 0 Å². The van der Waals surface area contributed by atoms with Crippen molar-refractivity contribution in [3.8, 4) is 5.75 Å². The lowest BCUT2D eigenvalue weighted by atomic mass is 10.0. The van der Waals surface area contributed by atoms with E-state index in [2.05, 4.69) is 20.9 Å². The van der Waals surface area contributed by atoms with E-state index in [-0.39, 0.29) is 27.9 Å². The minimum absolute atomic E-state index is 0.0782. The number of carbonyl (C=O) groups excluding carboxylic acids is 1. The van der Waals surface area contributed by atoms with Gasteiger partial charge in [0.15, 0.2) is 5.75 Å². The molecule has 5 aromatic rings. The highest BCUT2D eigenvalue weighted by Crippen LogP contribution is 2.43. The Labute approximate surface area is 237 Å². The summed E-state index contributed by atoms with van der Waals surface area (Å²) in [6.07, 6.45) is 0. The summed E-state index contributed by atoms with van der Waals surface area (Å²) in [6.45, 7) is 4.07. The van der Waals surface area contributed by atoms with Gasteiger partial charge in [-0.05, 0) is 79.2 Å². The number of nitrogens with zero attached hydrogens (tertiary/aromatic N) is 2. The quantitative estimate of drug-likeness (QED) is 0.124. The highest BCUT2D eigenvalue weighted by atomic mass is 32.2. The topological polar surface area (TPSA) is 140 Å². The molecule has 5 rings (SSSR count). The van der Waals surface area contributed by atoms with E-state index in [1.807, 2.05) is 19.1 Å². The fourth-order valence-electron chi connectivity index (χ4n) is 5.00. The number of azo groups is 1. The number of carbonyl (C=O) groups is 1. The number of phenols is 1. The van der Waals surface area contributed by atoms with Crippen molar-refractivity contribution in [3.05, 3.63) is 101 Å². The number of phenolic OH excluding ortho intramolecular Hbond substituents is 1. The van der Waals surface area contributed by atoms with Gasteiger partial charge in [-0.2, -0.15) is 8.42 Å². The Balaban J connectivity index is 1.64. The fourth-order valence-corrected chi connectivity index (χ4v) is 5.82. The number of hydrogen-bond acceptors (Lipinski definition) is 7. The zero-order valence-corrected chi connectivity index (χ0v) is 23.5. The summed E-state index contributed by atoms with van der Waals surface area (Å²) in [4.78, 5) is 12.5. The highest BCUT2D eigenvalue weighted by molar-refractivity contribution is 7.86. The molecular formula is C31H28N4O5S. The molecule has 9 nitrogen and oxygen atoms in total. The van der Waals surface area contributed by atoms with Crippen LogP contribution in [-0.2, 0) is 16.7 Å². The normalized spacial score (nSPS) is 11.9. The molecule has 0 radical (unpaired) electrons. The molecule has 208 valence electrons. The summed E-state index contributed by atoms with van der Waals surface area (Å²) in [6, 6.07) is 22.5. The van der Waals surface area contributed by atoms with Crippen molar-refractivity contribution in [2.24, 2.45) is 10.2 Å². The predicted octanol–water partition coefficient (Wildman–Crippen LogP) is 6.95. The second-order valence-corrected chi connectivity index (χ2v) is 11.1. The lowest BCUT2D eigenvalue weighted by Gasteiger charge is -2.14. The van der Waals surface area contributed by atoms with Gasteiger partial charge in [0.25, 0.3) is 16.0 Å². The van der Waals surface area contributed by atoms with Gasteiger partial charge in [0, 0.05) is 22.9 Å². The van der Waals surface area contributed by atoms with Crippen molar-refractivity contribution < 1.29 is 22.9 Å². The number of hydrogen-bond donors (Lipinski definition) is 4. The van der Waals surface area contributed by atoms with Crippen molar-refractivity contribution in [1.82, 2.24) is 5.32 Å².